The number of methoxy groups -OCH3 is 1. The molecular formula is C20H25N3O. The molecule has 0 spiro atoms. The van der Waals surface area contributed by atoms with Crippen molar-refractivity contribution in [2.24, 2.45) is 17.8 Å². The zero-order chi connectivity index (χ0) is 16.4. The Hall–Kier alpha value is -1.44. The predicted molar refractivity (Wildman–Crippen MR) is 90.1 cm³/mol. The maximum Gasteiger partial charge on any atom is 0.140 e. The molecule has 2 heterocycles. The van der Waals surface area contributed by atoms with Crippen molar-refractivity contribution in [3.8, 4) is 6.07 Å². The van der Waals surface area contributed by atoms with Crippen LogP contribution in [0.1, 0.15) is 49.8 Å². The van der Waals surface area contributed by atoms with E-state index in [2.05, 4.69) is 22.0 Å². The monoisotopic (exact) mass is 323 g/mol. The third-order valence-electron chi connectivity index (χ3n) is 7.54. The number of hydrogen-bond donors (Lipinski definition) is 0. The molecule has 4 aliphatic carbocycles. The van der Waals surface area contributed by atoms with Crippen molar-refractivity contribution in [2.45, 2.75) is 49.7 Å². The smallest absolute Gasteiger partial charge is 0.140 e. The van der Waals surface area contributed by atoms with E-state index in [0.29, 0.717) is 23.1 Å². The minimum absolute atomic E-state index is 0.229. The molecule has 2 unspecified atom stereocenters. The summed E-state index contributed by atoms with van der Waals surface area (Å²) in [7, 11) is 1.87. The minimum atomic E-state index is -0.229. The van der Waals surface area contributed by atoms with Crippen LogP contribution in [-0.4, -0.2) is 35.6 Å². The molecule has 24 heavy (non-hydrogen) atoms. The Morgan fingerprint density at radius 2 is 1.96 bits per heavy atom. The quantitative estimate of drug-likeness (QED) is 0.858. The number of fused-ring (bicyclic) bond motifs is 2. The molecule has 1 aliphatic heterocycles. The summed E-state index contributed by atoms with van der Waals surface area (Å²) in [5.41, 5.74) is 1.99. The van der Waals surface area contributed by atoms with Crippen molar-refractivity contribution in [1.82, 2.24) is 9.88 Å². The van der Waals surface area contributed by atoms with E-state index in [0.717, 1.165) is 19.0 Å². The Morgan fingerprint density at radius 1 is 1.25 bits per heavy atom. The molecule has 126 valence electrons. The zero-order valence-corrected chi connectivity index (χ0v) is 14.4. The highest BCUT2D eigenvalue weighted by molar-refractivity contribution is 5.33. The first-order valence-electron chi connectivity index (χ1n) is 9.37. The SMILES string of the molecule is COC1(c2ccnc(C#N)c2)C2CCCC1CN(C13CC(C1)C3)C2. The van der Waals surface area contributed by atoms with Crippen LogP contribution in [0.25, 0.3) is 0 Å². The molecule has 0 radical (unpaired) electrons. The van der Waals surface area contributed by atoms with E-state index < -0.39 is 0 Å². The van der Waals surface area contributed by atoms with Crippen LogP contribution in [0, 0.1) is 29.1 Å². The lowest BCUT2D eigenvalue weighted by atomic mass is 9.48. The lowest BCUT2D eigenvalue weighted by Crippen LogP contribution is -2.73. The van der Waals surface area contributed by atoms with Crippen molar-refractivity contribution in [3.05, 3.63) is 29.6 Å². The van der Waals surface area contributed by atoms with E-state index in [9.17, 15) is 5.26 Å². The standard InChI is InChI=1S/C20H25N3O/c1-24-20(15-5-6-22-18(7-15)11-21)16-3-2-4-17(20)13-23(12-16)19-8-14(9-19)10-19/h5-7,14,16-17H,2-4,8-10,12-13H2,1H3. The van der Waals surface area contributed by atoms with Crippen LogP contribution in [0.5, 0.6) is 0 Å². The summed E-state index contributed by atoms with van der Waals surface area (Å²) in [5, 5.41) is 9.25. The third-order valence-corrected chi connectivity index (χ3v) is 7.54. The van der Waals surface area contributed by atoms with Crippen molar-refractivity contribution in [2.75, 3.05) is 20.2 Å². The van der Waals surface area contributed by atoms with Gasteiger partial charge in [-0.3, -0.25) is 4.90 Å². The van der Waals surface area contributed by atoms with Gasteiger partial charge in [0.05, 0.1) is 0 Å². The van der Waals surface area contributed by atoms with E-state index in [-0.39, 0.29) is 5.60 Å². The second-order valence-corrected chi connectivity index (χ2v) is 8.47. The fourth-order valence-electron chi connectivity index (χ4n) is 6.30. The van der Waals surface area contributed by atoms with Gasteiger partial charge < -0.3 is 4.74 Å². The predicted octanol–water partition coefficient (Wildman–Crippen LogP) is 3.08. The first-order chi connectivity index (χ1) is 11.7. The molecule has 1 aromatic heterocycles. The first-order valence-corrected chi connectivity index (χ1v) is 9.37. The topological polar surface area (TPSA) is 49.1 Å². The number of aromatic nitrogens is 1. The molecule has 4 nitrogen and oxygen atoms in total. The molecule has 0 amide bonds. The van der Waals surface area contributed by atoms with E-state index in [4.69, 9.17) is 4.74 Å². The summed E-state index contributed by atoms with van der Waals surface area (Å²) in [6.45, 7) is 2.31. The average Bonchev–Trinajstić information content (AvgIpc) is 2.51. The highest BCUT2D eigenvalue weighted by Gasteiger charge is 2.63. The van der Waals surface area contributed by atoms with Gasteiger partial charge in [-0.05, 0) is 55.7 Å². The summed E-state index contributed by atoms with van der Waals surface area (Å²) < 4.78 is 6.29. The van der Waals surface area contributed by atoms with Gasteiger partial charge >= 0.3 is 0 Å². The zero-order valence-electron chi connectivity index (χ0n) is 14.4. The number of pyridine rings is 1. The van der Waals surface area contributed by atoms with Crippen LogP contribution in [0.3, 0.4) is 0 Å². The van der Waals surface area contributed by atoms with Gasteiger partial charge in [-0.1, -0.05) is 6.42 Å². The number of nitriles is 1. The molecule has 6 rings (SSSR count). The Kier molecular flexibility index (Phi) is 3.12. The molecule has 4 saturated carbocycles. The van der Waals surface area contributed by atoms with Crippen LogP contribution in [-0.2, 0) is 10.3 Å². The van der Waals surface area contributed by atoms with Gasteiger partial charge in [0.1, 0.15) is 17.4 Å². The molecule has 5 aliphatic rings. The average molecular weight is 323 g/mol. The fraction of sp³-hybridized carbons (Fsp3) is 0.700. The molecule has 2 atom stereocenters. The van der Waals surface area contributed by atoms with Gasteiger partial charge in [0.15, 0.2) is 0 Å². The Morgan fingerprint density at radius 3 is 2.50 bits per heavy atom. The Bertz CT molecular complexity index is 678. The summed E-state index contributed by atoms with van der Waals surface area (Å²) in [4.78, 5) is 6.98. The second kappa shape index (κ2) is 5.03. The number of piperidine rings is 1. The van der Waals surface area contributed by atoms with E-state index in [1.807, 2.05) is 13.2 Å². The summed E-state index contributed by atoms with van der Waals surface area (Å²) >= 11 is 0. The van der Waals surface area contributed by atoms with E-state index >= 15 is 0 Å². The van der Waals surface area contributed by atoms with Crippen molar-refractivity contribution < 1.29 is 4.74 Å². The highest BCUT2D eigenvalue weighted by atomic mass is 16.5. The number of hydrogen-bond acceptors (Lipinski definition) is 4. The van der Waals surface area contributed by atoms with Crippen LogP contribution >= 0.6 is 0 Å². The van der Waals surface area contributed by atoms with Gasteiger partial charge in [0.2, 0.25) is 0 Å². The van der Waals surface area contributed by atoms with Crippen LogP contribution in [0.2, 0.25) is 0 Å². The van der Waals surface area contributed by atoms with Crippen LogP contribution in [0.15, 0.2) is 18.3 Å². The van der Waals surface area contributed by atoms with Crippen molar-refractivity contribution in [1.29, 1.82) is 5.26 Å². The molecule has 0 N–H and O–H groups in total. The molecule has 5 fully saturated rings. The number of nitrogens with zero attached hydrogens (tertiary/aromatic N) is 3. The lowest BCUT2D eigenvalue weighted by Gasteiger charge is -2.70. The number of likely N-dealkylation sites (tertiary alicyclic amines) is 1. The number of ether oxygens (including phenoxy) is 1. The minimum Gasteiger partial charge on any atom is -0.373 e. The van der Waals surface area contributed by atoms with Crippen molar-refractivity contribution >= 4 is 0 Å². The molecular weight excluding hydrogens is 298 g/mol. The van der Waals surface area contributed by atoms with E-state index in [1.165, 1.54) is 44.1 Å². The van der Waals surface area contributed by atoms with E-state index in [1.54, 1.807) is 6.20 Å². The number of rotatable bonds is 3. The van der Waals surface area contributed by atoms with Crippen molar-refractivity contribution in [3.63, 3.8) is 0 Å². The third kappa shape index (κ3) is 1.78. The van der Waals surface area contributed by atoms with Crippen LogP contribution in [0.4, 0.5) is 0 Å². The van der Waals surface area contributed by atoms with Gasteiger partial charge in [-0.15, -0.1) is 0 Å². The lowest BCUT2D eigenvalue weighted by molar-refractivity contribution is -0.226. The maximum absolute atomic E-state index is 9.25. The fourth-order valence-corrected chi connectivity index (χ4v) is 6.30. The summed E-state index contributed by atoms with van der Waals surface area (Å²) in [6, 6.07) is 6.23. The molecule has 0 aromatic carbocycles. The largest absolute Gasteiger partial charge is 0.373 e. The molecule has 1 saturated heterocycles. The van der Waals surface area contributed by atoms with Gasteiger partial charge in [0, 0.05) is 43.8 Å². The second-order valence-electron chi connectivity index (χ2n) is 8.47. The Labute approximate surface area is 143 Å². The van der Waals surface area contributed by atoms with Gasteiger partial charge in [-0.2, -0.15) is 5.26 Å². The van der Waals surface area contributed by atoms with Crippen LogP contribution < -0.4 is 0 Å². The van der Waals surface area contributed by atoms with Gasteiger partial charge in [-0.25, -0.2) is 4.98 Å². The highest BCUT2D eigenvalue weighted by Crippen LogP contribution is 2.63. The normalized spacial score (nSPS) is 43.4. The summed E-state index contributed by atoms with van der Waals surface area (Å²) in [5.74, 6) is 2.08. The summed E-state index contributed by atoms with van der Waals surface area (Å²) in [6.07, 6.45) is 9.83. The molecule has 4 heteroatoms. The molecule has 1 aromatic rings. The maximum atomic E-state index is 9.25. The molecule has 4 bridgehead atoms. The van der Waals surface area contributed by atoms with Gasteiger partial charge in [0.25, 0.3) is 0 Å². The Balaban J connectivity index is 1.52. The first kappa shape index (κ1) is 14.9.